The SMILES string of the molecule is C=NCC1CC(O)C(CO)O1.CC1(C)OCC(C[O-])O1. The molecule has 0 radical (unpaired) electrons. The molecule has 0 amide bonds. The third-order valence-electron chi connectivity index (χ3n) is 3.07. The predicted octanol–water partition coefficient (Wildman–Crippen LogP) is -1.30. The minimum Gasteiger partial charge on any atom is -0.853 e. The minimum absolute atomic E-state index is 0.0698. The van der Waals surface area contributed by atoms with Crippen molar-refractivity contribution < 1.29 is 29.5 Å². The molecule has 0 bridgehead atoms. The highest BCUT2D eigenvalue weighted by molar-refractivity contribution is 5.23. The van der Waals surface area contributed by atoms with Gasteiger partial charge in [-0.2, -0.15) is 0 Å². The molecular weight excluding hydrogens is 266 g/mol. The Bertz CT molecular complexity index is 299. The molecule has 0 saturated carbocycles. The predicted molar refractivity (Wildman–Crippen MR) is 70.6 cm³/mol. The molecule has 2 heterocycles. The Morgan fingerprint density at radius 1 is 1.40 bits per heavy atom. The standard InChI is InChI=1S/C7H13NO3.C6H11O3/c1-8-3-5-2-6(10)7(4-9)11-5;1-6(2)8-4-5(3-7)9-6/h5-7,9-10H,1-4H2;5H,3-4H2,1-2H3/q;-1. The van der Waals surface area contributed by atoms with Crippen molar-refractivity contribution in [3.05, 3.63) is 0 Å². The first kappa shape index (κ1) is 17.5. The van der Waals surface area contributed by atoms with Gasteiger partial charge in [-0.25, -0.2) is 0 Å². The quantitative estimate of drug-likeness (QED) is 0.624. The number of hydrogen-bond donors (Lipinski definition) is 2. The fraction of sp³-hybridized carbons (Fsp3) is 0.923. The number of hydrogen-bond acceptors (Lipinski definition) is 7. The Labute approximate surface area is 119 Å². The highest BCUT2D eigenvalue weighted by atomic mass is 16.7. The number of aliphatic hydroxyl groups is 2. The number of rotatable bonds is 4. The number of nitrogens with zero attached hydrogens (tertiary/aromatic N) is 1. The van der Waals surface area contributed by atoms with E-state index in [9.17, 15) is 10.2 Å². The van der Waals surface area contributed by atoms with E-state index in [1.54, 1.807) is 0 Å². The molecule has 118 valence electrons. The first-order chi connectivity index (χ1) is 9.41. The summed E-state index contributed by atoms with van der Waals surface area (Å²) >= 11 is 0. The second-order valence-corrected chi connectivity index (χ2v) is 5.31. The molecule has 2 N–H and O–H groups in total. The molecule has 2 fully saturated rings. The molecule has 7 nitrogen and oxygen atoms in total. The van der Waals surface area contributed by atoms with Gasteiger partial charge < -0.3 is 29.5 Å². The lowest BCUT2D eigenvalue weighted by Crippen LogP contribution is -2.28. The van der Waals surface area contributed by atoms with Crippen LogP contribution >= 0.6 is 0 Å². The minimum atomic E-state index is -0.549. The van der Waals surface area contributed by atoms with Crippen LogP contribution in [0.3, 0.4) is 0 Å². The van der Waals surface area contributed by atoms with Crippen molar-refractivity contribution in [1.82, 2.24) is 0 Å². The van der Waals surface area contributed by atoms with Crippen LogP contribution in [0.4, 0.5) is 0 Å². The largest absolute Gasteiger partial charge is 0.853 e. The van der Waals surface area contributed by atoms with Crippen molar-refractivity contribution in [3.63, 3.8) is 0 Å². The summed E-state index contributed by atoms with van der Waals surface area (Å²) in [6.07, 6.45) is -0.738. The van der Waals surface area contributed by atoms with E-state index in [1.807, 2.05) is 13.8 Å². The zero-order valence-electron chi connectivity index (χ0n) is 12.0. The van der Waals surface area contributed by atoms with Gasteiger partial charge in [0.2, 0.25) is 0 Å². The monoisotopic (exact) mass is 290 g/mol. The molecule has 0 aliphatic carbocycles. The number of aliphatic imine (C=N–C) groups is 1. The normalized spacial score (nSPS) is 35.5. The van der Waals surface area contributed by atoms with Crippen LogP contribution in [0.1, 0.15) is 20.3 Å². The molecule has 2 aliphatic rings. The van der Waals surface area contributed by atoms with Crippen LogP contribution in [0, 0.1) is 0 Å². The van der Waals surface area contributed by atoms with Gasteiger partial charge in [0.05, 0.1) is 38.1 Å². The Hall–Kier alpha value is -0.570. The smallest absolute Gasteiger partial charge is 0.163 e. The van der Waals surface area contributed by atoms with Crippen molar-refractivity contribution in [1.29, 1.82) is 0 Å². The van der Waals surface area contributed by atoms with E-state index in [-0.39, 0.29) is 25.4 Å². The molecule has 7 heteroatoms. The van der Waals surface area contributed by atoms with Crippen LogP contribution in [-0.4, -0.2) is 73.5 Å². The van der Waals surface area contributed by atoms with Crippen molar-refractivity contribution in [2.75, 3.05) is 26.4 Å². The first-order valence-corrected chi connectivity index (χ1v) is 6.68. The van der Waals surface area contributed by atoms with E-state index in [0.29, 0.717) is 19.6 Å². The van der Waals surface area contributed by atoms with Crippen LogP contribution in [0.15, 0.2) is 4.99 Å². The molecule has 2 rings (SSSR count). The van der Waals surface area contributed by atoms with E-state index in [0.717, 1.165) is 0 Å². The van der Waals surface area contributed by atoms with E-state index in [2.05, 4.69) is 11.7 Å². The molecule has 4 unspecified atom stereocenters. The highest BCUT2D eigenvalue weighted by Crippen LogP contribution is 2.21. The van der Waals surface area contributed by atoms with Crippen LogP contribution in [0.5, 0.6) is 0 Å². The van der Waals surface area contributed by atoms with E-state index >= 15 is 0 Å². The summed E-state index contributed by atoms with van der Waals surface area (Å²) in [6, 6.07) is 0. The first-order valence-electron chi connectivity index (χ1n) is 6.68. The van der Waals surface area contributed by atoms with Gasteiger partial charge in [-0.3, -0.25) is 4.99 Å². The van der Waals surface area contributed by atoms with Crippen molar-refractivity contribution >= 4 is 6.72 Å². The van der Waals surface area contributed by atoms with Gasteiger partial charge in [0, 0.05) is 6.42 Å². The molecule has 0 aromatic rings. The van der Waals surface area contributed by atoms with Crippen LogP contribution in [0.2, 0.25) is 0 Å². The summed E-state index contributed by atoms with van der Waals surface area (Å²) in [7, 11) is 0. The second-order valence-electron chi connectivity index (χ2n) is 5.31. The second kappa shape index (κ2) is 8.02. The van der Waals surface area contributed by atoms with Gasteiger partial charge in [0.25, 0.3) is 0 Å². The number of aliphatic hydroxyl groups excluding tert-OH is 2. The van der Waals surface area contributed by atoms with Crippen molar-refractivity contribution in [3.8, 4) is 0 Å². The zero-order chi connectivity index (χ0) is 15.2. The topological polar surface area (TPSA) is 104 Å². The Balaban J connectivity index is 0.000000204. The lowest BCUT2D eigenvalue weighted by Gasteiger charge is -2.17. The van der Waals surface area contributed by atoms with E-state index in [1.165, 1.54) is 0 Å². The Kier molecular flexibility index (Phi) is 7.01. The molecule has 2 saturated heterocycles. The highest BCUT2D eigenvalue weighted by Gasteiger charge is 2.32. The zero-order valence-corrected chi connectivity index (χ0v) is 12.0. The molecule has 20 heavy (non-hydrogen) atoms. The molecular formula is C13H24NO6-. The van der Waals surface area contributed by atoms with Gasteiger partial charge in [-0.1, -0.05) is 0 Å². The molecule has 0 aromatic heterocycles. The van der Waals surface area contributed by atoms with E-state index in [4.69, 9.17) is 19.3 Å². The van der Waals surface area contributed by atoms with Gasteiger partial charge >= 0.3 is 0 Å². The summed E-state index contributed by atoms with van der Waals surface area (Å²) in [5, 5.41) is 28.1. The summed E-state index contributed by atoms with van der Waals surface area (Å²) in [6.45, 7) is 7.54. The third kappa shape index (κ3) is 5.43. The average Bonchev–Trinajstić information content (AvgIpc) is 2.93. The average molecular weight is 290 g/mol. The fourth-order valence-corrected chi connectivity index (χ4v) is 2.09. The van der Waals surface area contributed by atoms with Crippen LogP contribution in [-0.2, 0) is 14.2 Å². The van der Waals surface area contributed by atoms with Gasteiger partial charge in [-0.05, 0) is 20.6 Å². The summed E-state index contributed by atoms with van der Waals surface area (Å²) in [5.74, 6) is -0.533. The van der Waals surface area contributed by atoms with Crippen molar-refractivity contribution in [2.24, 2.45) is 4.99 Å². The van der Waals surface area contributed by atoms with Gasteiger partial charge in [0.15, 0.2) is 5.79 Å². The molecule has 2 aliphatic heterocycles. The fourth-order valence-electron chi connectivity index (χ4n) is 2.09. The van der Waals surface area contributed by atoms with Gasteiger partial charge in [0.1, 0.15) is 6.10 Å². The molecule has 0 aromatic carbocycles. The summed E-state index contributed by atoms with van der Waals surface area (Å²) in [5.41, 5.74) is 0. The van der Waals surface area contributed by atoms with E-state index < -0.39 is 18.0 Å². The summed E-state index contributed by atoms with van der Waals surface area (Å²) in [4.78, 5) is 3.65. The molecule has 4 atom stereocenters. The van der Waals surface area contributed by atoms with Gasteiger partial charge in [-0.15, -0.1) is 6.61 Å². The third-order valence-corrected chi connectivity index (χ3v) is 3.07. The maximum atomic E-state index is 10.2. The molecule has 0 spiro atoms. The number of ether oxygens (including phenoxy) is 3. The van der Waals surface area contributed by atoms with Crippen molar-refractivity contribution in [2.45, 2.75) is 50.5 Å². The lowest BCUT2D eigenvalue weighted by atomic mass is 10.1. The van der Waals surface area contributed by atoms with Crippen LogP contribution < -0.4 is 5.11 Å². The summed E-state index contributed by atoms with van der Waals surface area (Å²) < 4.78 is 15.5. The maximum Gasteiger partial charge on any atom is 0.163 e. The van der Waals surface area contributed by atoms with Crippen LogP contribution in [0.25, 0.3) is 0 Å². The lowest BCUT2D eigenvalue weighted by molar-refractivity contribution is -0.385. The Morgan fingerprint density at radius 3 is 2.45 bits per heavy atom. The maximum absolute atomic E-state index is 10.2. The Morgan fingerprint density at radius 2 is 2.10 bits per heavy atom.